The van der Waals surface area contributed by atoms with Gasteiger partial charge in [0.25, 0.3) is 0 Å². The van der Waals surface area contributed by atoms with Gasteiger partial charge in [-0.05, 0) is 17.7 Å². The number of phenols is 1. The Balaban J connectivity index is 2.33. The number of aromatic hydroxyl groups is 1. The lowest BCUT2D eigenvalue weighted by Crippen LogP contribution is -2.34. The molecule has 1 aromatic carbocycles. The first-order chi connectivity index (χ1) is 7.18. The maximum atomic E-state index is 11.6. The summed E-state index contributed by atoms with van der Waals surface area (Å²) >= 11 is 0. The number of carbonyl (C=O) groups excluding carboxylic acids is 1. The molecule has 0 fully saturated rings. The molecule has 0 saturated carbocycles. The van der Waals surface area contributed by atoms with Crippen molar-refractivity contribution in [2.24, 2.45) is 11.0 Å². The Morgan fingerprint density at radius 2 is 2.00 bits per heavy atom. The van der Waals surface area contributed by atoms with Crippen LogP contribution in [0.4, 0.5) is 0 Å². The summed E-state index contributed by atoms with van der Waals surface area (Å²) in [5, 5.41) is 12.9. The normalized spacial score (nSPS) is 25.0. The third-order valence-corrected chi connectivity index (χ3v) is 2.54. The molecule has 0 radical (unpaired) electrons. The van der Waals surface area contributed by atoms with E-state index in [0.717, 1.165) is 5.56 Å². The highest BCUT2D eigenvalue weighted by Gasteiger charge is 2.28. The van der Waals surface area contributed by atoms with E-state index in [1.165, 1.54) is 0 Å². The summed E-state index contributed by atoms with van der Waals surface area (Å²) < 4.78 is 0. The molecule has 2 N–H and O–H groups in total. The number of rotatable bonds is 1. The zero-order valence-corrected chi connectivity index (χ0v) is 8.34. The topological polar surface area (TPSA) is 61.7 Å². The Morgan fingerprint density at radius 1 is 1.33 bits per heavy atom. The summed E-state index contributed by atoms with van der Waals surface area (Å²) in [6.45, 7) is 1.94. The Morgan fingerprint density at radius 3 is 2.60 bits per heavy atom. The van der Waals surface area contributed by atoms with Crippen LogP contribution in [0.3, 0.4) is 0 Å². The molecular formula is C11H12N2O2. The average Bonchev–Trinajstić information content (AvgIpc) is 2.20. The van der Waals surface area contributed by atoms with Crippen molar-refractivity contribution in [3.8, 4) is 5.75 Å². The SMILES string of the molecule is CC1C=NNC(=O)C1c1ccc(O)cc1. The van der Waals surface area contributed by atoms with Crippen LogP contribution >= 0.6 is 0 Å². The molecule has 4 nitrogen and oxygen atoms in total. The highest BCUT2D eigenvalue weighted by atomic mass is 16.3. The number of amides is 1. The minimum atomic E-state index is -0.219. The van der Waals surface area contributed by atoms with Crippen LogP contribution in [0.1, 0.15) is 18.4 Å². The van der Waals surface area contributed by atoms with Gasteiger partial charge in [-0.15, -0.1) is 0 Å². The minimum Gasteiger partial charge on any atom is -0.508 e. The monoisotopic (exact) mass is 204 g/mol. The molecule has 2 rings (SSSR count). The highest BCUT2D eigenvalue weighted by molar-refractivity contribution is 5.90. The second-order valence-electron chi connectivity index (χ2n) is 3.68. The summed E-state index contributed by atoms with van der Waals surface area (Å²) in [5.74, 6) is -0.0432. The molecule has 1 aliphatic rings. The van der Waals surface area contributed by atoms with Gasteiger partial charge in [-0.3, -0.25) is 4.79 Å². The van der Waals surface area contributed by atoms with Crippen molar-refractivity contribution in [1.82, 2.24) is 5.43 Å². The molecule has 15 heavy (non-hydrogen) atoms. The van der Waals surface area contributed by atoms with E-state index in [1.807, 2.05) is 6.92 Å². The second-order valence-corrected chi connectivity index (χ2v) is 3.68. The number of nitrogens with zero attached hydrogens (tertiary/aromatic N) is 1. The number of nitrogens with one attached hydrogen (secondary N) is 1. The molecule has 78 valence electrons. The largest absolute Gasteiger partial charge is 0.508 e. The van der Waals surface area contributed by atoms with Crippen LogP contribution in [0, 0.1) is 5.92 Å². The molecule has 0 bridgehead atoms. The number of hydrogen-bond acceptors (Lipinski definition) is 3. The summed E-state index contributed by atoms with van der Waals surface area (Å²) in [4.78, 5) is 11.6. The first-order valence-corrected chi connectivity index (χ1v) is 4.80. The number of carbonyl (C=O) groups is 1. The lowest BCUT2D eigenvalue weighted by Gasteiger charge is -2.23. The van der Waals surface area contributed by atoms with E-state index in [2.05, 4.69) is 10.5 Å². The van der Waals surface area contributed by atoms with Crippen molar-refractivity contribution in [1.29, 1.82) is 0 Å². The highest BCUT2D eigenvalue weighted by Crippen LogP contribution is 2.26. The van der Waals surface area contributed by atoms with E-state index >= 15 is 0 Å². The predicted octanol–water partition coefficient (Wildman–Crippen LogP) is 1.23. The molecule has 2 unspecified atom stereocenters. The Kier molecular flexibility index (Phi) is 2.41. The fraction of sp³-hybridized carbons (Fsp3) is 0.273. The Labute approximate surface area is 87.6 Å². The zero-order chi connectivity index (χ0) is 10.8. The number of phenolic OH excluding ortho intramolecular Hbond substituents is 1. The van der Waals surface area contributed by atoms with Crippen LogP contribution in [0.25, 0.3) is 0 Å². The van der Waals surface area contributed by atoms with Gasteiger partial charge in [0.05, 0.1) is 5.92 Å². The first kappa shape index (κ1) is 9.71. The van der Waals surface area contributed by atoms with E-state index in [4.69, 9.17) is 5.11 Å². The van der Waals surface area contributed by atoms with E-state index in [1.54, 1.807) is 30.5 Å². The minimum absolute atomic E-state index is 0.0725. The molecular weight excluding hydrogens is 192 g/mol. The van der Waals surface area contributed by atoms with Gasteiger partial charge >= 0.3 is 0 Å². The molecule has 1 aromatic rings. The van der Waals surface area contributed by atoms with Gasteiger partial charge in [0.15, 0.2) is 0 Å². The van der Waals surface area contributed by atoms with Gasteiger partial charge in [-0.25, -0.2) is 5.43 Å². The van der Waals surface area contributed by atoms with E-state index in [9.17, 15) is 4.79 Å². The van der Waals surface area contributed by atoms with Crippen molar-refractivity contribution >= 4 is 12.1 Å². The molecule has 1 heterocycles. The molecule has 0 saturated heterocycles. The summed E-state index contributed by atoms with van der Waals surface area (Å²) in [5.41, 5.74) is 3.34. The zero-order valence-electron chi connectivity index (χ0n) is 8.34. The molecule has 2 atom stereocenters. The van der Waals surface area contributed by atoms with Crippen molar-refractivity contribution in [3.05, 3.63) is 29.8 Å². The van der Waals surface area contributed by atoms with Gasteiger partial charge < -0.3 is 5.11 Å². The third kappa shape index (κ3) is 1.83. The van der Waals surface area contributed by atoms with Crippen LogP contribution < -0.4 is 5.43 Å². The van der Waals surface area contributed by atoms with E-state index in [-0.39, 0.29) is 23.5 Å². The van der Waals surface area contributed by atoms with Gasteiger partial charge in [0, 0.05) is 12.1 Å². The van der Waals surface area contributed by atoms with Crippen molar-refractivity contribution in [2.45, 2.75) is 12.8 Å². The molecule has 0 spiro atoms. The lowest BCUT2D eigenvalue weighted by molar-refractivity contribution is -0.123. The van der Waals surface area contributed by atoms with Crippen LogP contribution in [0.5, 0.6) is 5.75 Å². The van der Waals surface area contributed by atoms with Crippen molar-refractivity contribution in [3.63, 3.8) is 0 Å². The third-order valence-electron chi connectivity index (χ3n) is 2.54. The van der Waals surface area contributed by atoms with Crippen molar-refractivity contribution in [2.75, 3.05) is 0 Å². The fourth-order valence-corrected chi connectivity index (χ4v) is 1.75. The summed E-state index contributed by atoms with van der Waals surface area (Å²) in [6, 6.07) is 6.69. The number of hydrogen-bond donors (Lipinski definition) is 2. The van der Waals surface area contributed by atoms with E-state index < -0.39 is 0 Å². The van der Waals surface area contributed by atoms with Gasteiger partial charge in [-0.1, -0.05) is 19.1 Å². The van der Waals surface area contributed by atoms with Gasteiger partial charge in [0.1, 0.15) is 5.75 Å². The maximum absolute atomic E-state index is 11.6. The standard InChI is InChI=1S/C11H12N2O2/c1-7-6-12-13-11(15)10(7)8-2-4-9(14)5-3-8/h2-7,10,14H,1H3,(H,13,15). The molecule has 1 amide bonds. The number of benzene rings is 1. The second kappa shape index (κ2) is 3.73. The first-order valence-electron chi connectivity index (χ1n) is 4.80. The molecule has 0 aromatic heterocycles. The molecule has 1 aliphatic heterocycles. The molecule has 0 aliphatic carbocycles. The predicted molar refractivity (Wildman–Crippen MR) is 56.6 cm³/mol. The van der Waals surface area contributed by atoms with Crippen LogP contribution in [0.15, 0.2) is 29.4 Å². The fourth-order valence-electron chi connectivity index (χ4n) is 1.75. The Bertz CT molecular complexity index is 398. The maximum Gasteiger partial charge on any atom is 0.248 e. The quantitative estimate of drug-likeness (QED) is 0.722. The van der Waals surface area contributed by atoms with Crippen LogP contribution in [-0.2, 0) is 4.79 Å². The number of hydrazone groups is 1. The molecule has 4 heteroatoms. The smallest absolute Gasteiger partial charge is 0.248 e. The summed E-state index contributed by atoms with van der Waals surface area (Å²) in [7, 11) is 0. The van der Waals surface area contributed by atoms with Crippen molar-refractivity contribution < 1.29 is 9.90 Å². The Hall–Kier alpha value is -1.84. The summed E-state index contributed by atoms with van der Waals surface area (Å²) in [6.07, 6.45) is 1.72. The van der Waals surface area contributed by atoms with E-state index in [0.29, 0.717) is 0 Å². The van der Waals surface area contributed by atoms with Crippen LogP contribution in [-0.4, -0.2) is 17.2 Å². The van der Waals surface area contributed by atoms with Gasteiger partial charge in [0.2, 0.25) is 5.91 Å². The lowest BCUT2D eigenvalue weighted by atomic mass is 9.86. The average molecular weight is 204 g/mol. The van der Waals surface area contributed by atoms with Gasteiger partial charge in [-0.2, -0.15) is 5.10 Å². The van der Waals surface area contributed by atoms with Crippen LogP contribution in [0.2, 0.25) is 0 Å².